The summed E-state index contributed by atoms with van der Waals surface area (Å²) in [4.78, 5) is 2.73. The molecule has 2 aromatic heterocycles. The third-order valence-corrected chi connectivity index (χ3v) is 7.35. The van der Waals surface area contributed by atoms with Crippen molar-refractivity contribution in [1.29, 1.82) is 0 Å². The minimum Gasteiger partial charge on any atom is -0.360 e. The Hall–Kier alpha value is -1.09. The van der Waals surface area contributed by atoms with E-state index in [-0.39, 0.29) is 0 Å². The van der Waals surface area contributed by atoms with Gasteiger partial charge < -0.3 is 4.52 Å². The van der Waals surface area contributed by atoms with E-state index >= 15 is 0 Å². The zero-order valence-corrected chi connectivity index (χ0v) is 18.2. The number of aromatic nitrogens is 1. The molecule has 1 saturated carbocycles. The molecule has 0 atom stereocenters. The van der Waals surface area contributed by atoms with Crippen molar-refractivity contribution >= 4 is 11.3 Å². The van der Waals surface area contributed by atoms with E-state index in [1.165, 1.54) is 93.2 Å². The summed E-state index contributed by atoms with van der Waals surface area (Å²) in [6, 6.07) is 6.69. The largest absolute Gasteiger partial charge is 0.360 e. The molecule has 0 unspecified atom stereocenters. The van der Waals surface area contributed by atoms with Gasteiger partial charge in [0.1, 0.15) is 11.5 Å². The summed E-state index contributed by atoms with van der Waals surface area (Å²) in [6.07, 6.45) is 17.5. The van der Waals surface area contributed by atoms with Crippen LogP contribution in [0, 0.1) is 5.92 Å². The zero-order chi connectivity index (χ0) is 18.9. The van der Waals surface area contributed by atoms with Crippen LogP contribution in [0.1, 0.15) is 107 Å². The molecule has 0 aliphatic heterocycles. The number of aryl methyl sites for hydroxylation is 1. The highest BCUT2D eigenvalue weighted by Crippen LogP contribution is 2.39. The van der Waals surface area contributed by atoms with Gasteiger partial charge in [-0.3, -0.25) is 0 Å². The second-order valence-corrected chi connectivity index (χ2v) is 9.57. The monoisotopic (exact) mass is 387 g/mol. The van der Waals surface area contributed by atoms with E-state index in [1.54, 1.807) is 0 Å². The Morgan fingerprint density at radius 2 is 1.74 bits per heavy atom. The van der Waals surface area contributed by atoms with Gasteiger partial charge in [-0.15, -0.1) is 11.3 Å². The van der Waals surface area contributed by atoms with Gasteiger partial charge in [-0.25, -0.2) is 0 Å². The summed E-state index contributed by atoms with van der Waals surface area (Å²) >= 11 is 1.88. The van der Waals surface area contributed by atoms with E-state index in [0.717, 1.165) is 17.4 Å². The molecule has 0 saturated heterocycles. The fraction of sp³-hybridized carbons (Fsp3) is 0.708. The maximum absolute atomic E-state index is 5.77. The van der Waals surface area contributed by atoms with Crippen molar-refractivity contribution < 1.29 is 4.52 Å². The van der Waals surface area contributed by atoms with Crippen molar-refractivity contribution in [2.24, 2.45) is 5.92 Å². The first-order chi connectivity index (χ1) is 13.3. The molecule has 0 amide bonds. The van der Waals surface area contributed by atoms with Crippen LogP contribution in [-0.2, 0) is 6.42 Å². The molecular weight excluding hydrogens is 350 g/mol. The SMILES string of the molecule is CCCCCCC[C@H]1CC[C@H](c2cc(-c3ccc(CCCC)s3)no2)CC1. The predicted octanol–water partition coefficient (Wildman–Crippen LogP) is 8.38. The molecular formula is C24H37NOS. The van der Waals surface area contributed by atoms with Crippen molar-refractivity contribution in [1.82, 2.24) is 5.16 Å². The Bertz CT molecular complexity index is 651. The van der Waals surface area contributed by atoms with Gasteiger partial charge in [-0.2, -0.15) is 0 Å². The highest BCUT2D eigenvalue weighted by molar-refractivity contribution is 7.15. The highest BCUT2D eigenvalue weighted by atomic mass is 32.1. The normalized spacial score (nSPS) is 20.2. The predicted molar refractivity (Wildman–Crippen MR) is 117 cm³/mol. The highest BCUT2D eigenvalue weighted by Gasteiger charge is 2.25. The second-order valence-electron chi connectivity index (χ2n) is 8.40. The molecule has 150 valence electrons. The van der Waals surface area contributed by atoms with Gasteiger partial charge in [-0.1, -0.05) is 63.9 Å². The molecule has 0 radical (unpaired) electrons. The molecule has 27 heavy (non-hydrogen) atoms. The average molecular weight is 388 g/mol. The smallest absolute Gasteiger partial charge is 0.140 e. The molecule has 1 aliphatic rings. The second kappa shape index (κ2) is 11.0. The average Bonchev–Trinajstić information content (AvgIpc) is 3.36. The Kier molecular flexibility index (Phi) is 8.44. The maximum atomic E-state index is 5.77. The van der Waals surface area contributed by atoms with E-state index in [4.69, 9.17) is 4.52 Å². The lowest BCUT2D eigenvalue weighted by Gasteiger charge is -2.26. The fourth-order valence-corrected chi connectivity index (χ4v) is 5.37. The van der Waals surface area contributed by atoms with Crippen molar-refractivity contribution in [3.63, 3.8) is 0 Å². The number of hydrogen-bond acceptors (Lipinski definition) is 3. The lowest BCUT2D eigenvalue weighted by Crippen LogP contribution is -2.13. The van der Waals surface area contributed by atoms with Gasteiger partial charge in [0, 0.05) is 16.9 Å². The van der Waals surface area contributed by atoms with Gasteiger partial charge in [-0.05, 0) is 56.6 Å². The van der Waals surface area contributed by atoms with Gasteiger partial charge in [0.25, 0.3) is 0 Å². The first-order valence-corrected chi connectivity index (χ1v) is 12.2. The summed E-state index contributed by atoms with van der Waals surface area (Å²) in [6.45, 7) is 4.54. The Morgan fingerprint density at radius 3 is 2.52 bits per heavy atom. The van der Waals surface area contributed by atoms with Crippen molar-refractivity contribution in [2.75, 3.05) is 0 Å². The molecule has 0 spiro atoms. The zero-order valence-electron chi connectivity index (χ0n) is 17.3. The van der Waals surface area contributed by atoms with E-state index in [9.17, 15) is 0 Å². The number of unbranched alkanes of at least 4 members (excludes halogenated alkanes) is 5. The summed E-state index contributed by atoms with van der Waals surface area (Å²) in [7, 11) is 0. The minimum atomic E-state index is 0.585. The van der Waals surface area contributed by atoms with E-state index in [2.05, 4.69) is 37.2 Å². The number of thiophene rings is 1. The van der Waals surface area contributed by atoms with Crippen LogP contribution in [-0.4, -0.2) is 5.16 Å². The van der Waals surface area contributed by atoms with Gasteiger partial charge in [0.2, 0.25) is 0 Å². The summed E-state index contributed by atoms with van der Waals surface area (Å²) < 4.78 is 5.77. The standard InChI is InChI=1S/C24H37NOS/c1-3-5-7-8-9-10-19-12-14-20(15-13-19)23-18-22(25-26-23)24-17-16-21(27-24)11-6-4-2/h16-20H,3-15H2,1-2H3/t19-,20-. The van der Waals surface area contributed by atoms with E-state index in [1.807, 2.05) is 11.3 Å². The van der Waals surface area contributed by atoms with Crippen LogP contribution in [0.5, 0.6) is 0 Å². The molecule has 3 heteroatoms. The van der Waals surface area contributed by atoms with Crippen molar-refractivity contribution in [3.8, 4) is 10.6 Å². The first kappa shape index (κ1) is 20.6. The number of nitrogens with zero attached hydrogens (tertiary/aromatic N) is 1. The van der Waals surface area contributed by atoms with Crippen LogP contribution in [0.4, 0.5) is 0 Å². The van der Waals surface area contributed by atoms with Crippen LogP contribution < -0.4 is 0 Å². The third kappa shape index (κ3) is 6.20. The first-order valence-electron chi connectivity index (χ1n) is 11.4. The van der Waals surface area contributed by atoms with Crippen LogP contribution in [0.2, 0.25) is 0 Å². The van der Waals surface area contributed by atoms with Gasteiger partial charge in [0.15, 0.2) is 0 Å². The van der Waals surface area contributed by atoms with Crippen LogP contribution >= 0.6 is 11.3 Å². The lowest BCUT2D eigenvalue weighted by molar-refractivity contribution is 0.264. The van der Waals surface area contributed by atoms with E-state index in [0.29, 0.717) is 5.92 Å². The third-order valence-electron chi connectivity index (χ3n) is 6.18. The minimum absolute atomic E-state index is 0.585. The maximum Gasteiger partial charge on any atom is 0.140 e. The van der Waals surface area contributed by atoms with Crippen molar-refractivity contribution in [2.45, 2.75) is 103 Å². The van der Waals surface area contributed by atoms with Crippen LogP contribution in [0.15, 0.2) is 22.7 Å². The van der Waals surface area contributed by atoms with Gasteiger partial charge in [0.05, 0.1) is 4.88 Å². The van der Waals surface area contributed by atoms with Crippen LogP contribution in [0.3, 0.4) is 0 Å². The van der Waals surface area contributed by atoms with E-state index < -0.39 is 0 Å². The number of hydrogen-bond donors (Lipinski definition) is 0. The molecule has 1 aliphatic carbocycles. The number of rotatable bonds is 11. The molecule has 3 rings (SSSR count). The summed E-state index contributed by atoms with van der Waals surface area (Å²) in [5.41, 5.74) is 1.04. The fourth-order valence-electron chi connectivity index (χ4n) is 4.37. The molecule has 0 bridgehead atoms. The Labute approximate surface area is 169 Å². The Balaban J connectivity index is 1.45. The molecule has 0 N–H and O–H groups in total. The quantitative estimate of drug-likeness (QED) is 0.362. The Morgan fingerprint density at radius 1 is 0.963 bits per heavy atom. The molecule has 2 nitrogen and oxygen atoms in total. The van der Waals surface area contributed by atoms with Crippen molar-refractivity contribution in [3.05, 3.63) is 28.8 Å². The van der Waals surface area contributed by atoms with Gasteiger partial charge >= 0.3 is 0 Å². The lowest BCUT2D eigenvalue weighted by atomic mass is 9.79. The summed E-state index contributed by atoms with van der Waals surface area (Å²) in [5.74, 6) is 2.65. The molecule has 2 heterocycles. The van der Waals surface area contributed by atoms with Crippen LogP contribution in [0.25, 0.3) is 10.6 Å². The molecule has 1 fully saturated rings. The molecule has 0 aromatic carbocycles. The topological polar surface area (TPSA) is 26.0 Å². The molecule has 2 aromatic rings. The summed E-state index contributed by atoms with van der Waals surface area (Å²) in [5, 5.41) is 4.39.